The van der Waals surface area contributed by atoms with E-state index >= 15 is 0 Å². The molecule has 0 saturated carbocycles. The van der Waals surface area contributed by atoms with E-state index in [1.807, 2.05) is 13.8 Å². The van der Waals surface area contributed by atoms with Gasteiger partial charge in [-0.15, -0.1) is 0 Å². The maximum absolute atomic E-state index is 12.0. The summed E-state index contributed by atoms with van der Waals surface area (Å²) in [5.74, 6) is -0.0905. The zero-order valence-electron chi connectivity index (χ0n) is 16.7. The zero-order chi connectivity index (χ0) is 18.6. The van der Waals surface area contributed by atoms with Gasteiger partial charge in [-0.1, -0.05) is 41.5 Å². The summed E-state index contributed by atoms with van der Waals surface area (Å²) in [5.41, 5.74) is 0. The van der Waals surface area contributed by atoms with Crippen LogP contribution in [0.3, 0.4) is 0 Å². The molecular weight excluding hydrogens is 336 g/mol. The maximum Gasteiger partial charge on any atom is 0.292 e. The molecule has 6 heteroatoms. The van der Waals surface area contributed by atoms with Gasteiger partial charge < -0.3 is 8.85 Å². The van der Waals surface area contributed by atoms with Crippen LogP contribution in [0.25, 0.3) is 0 Å². The predicted molar refractivity (Wildman–Crippen MR) is 105 cm³/mol. The number of hydrogen-bond acceptors (Lipinski definition) is 4. The smallest absolute Gasteiger partial charge is 0.292 e. The summed E-state index contributed by atoms with van der Waals surface area (Å²) in [6.07, 6.45) is 2.66. The molecule has 0 aromatic carbocycles. The molecule has 0 aliphatic carbocycles. The van der Waals surface area contributed by atoms with Gasteiger partial charge in [0, 0.05) is 12.8 Å². The maximum atomic E-state index is 12.0. The molecule has 0 spiro atoms. The highest BCUT2D eigenvalue weighted by Crippen LogP contribution is 2.32. The van der Waals surface area contributed by atoms with E-state index in [0.717, 1.165) is 49.1 Å². The molecule has 0 rings (SSSR count). The van der Waals surface area contributed by atoms with Gasteiger partial charge in [0.15, 0.2) is 0 Å². The molecule has 142 valence electrons. The van der Waals surface area contributed by atoms with Crippen molar-refractivity contribution < 1.29 is 18.4 Å². The third kappa shape index (κ3) is 7.51. The van der Waals surface area contributed by atoms with Gasteiger partial charge in [-0.05, 0) is 49.1 Å². The molecule has 0 bridgehead atoms. The molecule has 0 fully saturated rings. The number of carbonyl (C=O) groups is 2. The Morgan fingerprint density at radius 3 is 1.12 bits per heavy atom. The molecule has 0 heterocycles. The lowest BCUT2D eigenvalue weighted by atomic mass is 10.4. The summed E-state index contributed by atoms with van der Waals surface area (Å²) in [5, 5.41) is 0. The SMILES string of the molecule is CCCC(=O)O[Si](CC)(CC)CC[Si](CC)(CC)OC(=O)CCC. The molecule has 0 atom stereocenters. The molecule has 0 amide bonds. The quantitative estimate of drug-likeness (QED) is 0.391. The largest absolute Gasteiger partial charge is 0.519 e. The van der Waals surface area contributed by atoms with Crippen molar-refractivity contribution in [1.82, 2.24) is 0 Å². The Hall–Kier alpha value is -0.626. The van der Waals surface area contributed by atoms with Crippen molar-refractivity contribution in [3.05, 3.63) is 0 Å². The van der Waals surface area contributed by atoms with E-state index in [0.29, 0.717) is 12.8 Å². The van der Waals surface area contributed by atoms with Crippen LogP contribution in [0.4, 0.5) is 0 Å². The van der Waals surface area contributed by atoms with Gasteiger partial charge in [-0.3, -0.25) is 9.59 Å². The minimum Gasteiger partial charge on any atom is -0.519 e. The standard InChI is InChI=1S/C18H38O4Si2/c1-7-13-17(19)21-23(9-3,10-4)15-16-24(11-5,12-6)22-18(20)14-8-2/h7-16H2,1-6H3. The molecular formula is C18H38O4Si2. The van der Waals surface area contributed by atoms with E-state index < -0.39 is 16.6 Å². The molecule has 0 N–H and O–H groups in total. The number of rotatable bonds is 13. The first-order valence-electron chi connectivity index (χ1n) is 9.80. The minimum atomic E-state index is -2.06. The second-order valence-electron chi connectivity index (χ2n) is 6.73. The van der Waals surface area contributed by atoms with Gasteiger partial charge in [-0.2, -0.15) is 0 Å². The summed E-state index contributed by atoms with van der Waals surface area (Å²) in [4.78, 5) is 24.1. The molecule has 0 aliphatic rings. The van der Waals surface area contributed by atoms with Gasteiger partial charge in [0.25, 0.3) is 28.6 Å². The van der Waals surface area contributed by atoms with E-state index in [2.05, 4.69) is 27.7 Å². The Bertz CT molecular complexity index is 341. The van der Waals surface area contributed by atoms with Gasteiger partial charge >= 0.3 is 0 Å². The van der Waals surface area contributed by atoms with Crippen LogP contribution >= 0.6 is 0 Å². The summed E-state index contributed by atoms with van der Waals surface area (Å²) in [6, 6.07) is 5.64. The van der Waals surface area contributed by atoms with Crippen LogP contribution in [0.15, 0.2) is 0 Å². The Balaban J connectivity index is 5.04. The molecule has 4 nitrogen and oxygen atoms in total. The van der Waals surface area contributed by atoms with Crippen LogP contribution in [0, 0.1) is 0 Å². The van der Waals surface area contributed by atoms with Crippen LogP contribution in [0.1, 0.15) is 67.2 Å². The van der Waals surface area contributed by atoms with Crippen molar-refractivity contribution in [2.75, 3.05) is 0 Å². The van der Waals surface area contributed by atoms with E-state index in [1.54, 1.807) is 0 Å². The van der Waals surface area contributed by atoms with E-state index in [-0.39, 0.29) is 11.9 Å². The van der Waals surface area contributed by atoms with Crippen molar-refractivity contribution in [3.63, 3.8) is 0 Å². The minimum absolute atomic E-state index is 0.0453. The van der Waals surface area contributed by atoms with Crippen LogP contribution in [-0.4, -0.2) is 28.6 Å². The lowest BCUT2D eigenvalue weighted by molar-refractivity contribution is -0.136. The highest BCUT2D eigenvalue weighted by Gasteiger charge is 2.41. The van der Waals surface area contributed by atoms with E-state index in [9.17, 15) is 9.59 Å². The second-order valence-corrected chi connectivity index (χ2v) is 15.7. The fourth-order valence-corrected chi connectivity index (χ4v) is 11.1. The molecule has 0 aliphatic heterocycles. The topological polar surface area (TPSA) is 52.6 Å². The Labute approximate surface area is 151 Å². The highest BCUT2D eigenvalue weighted by atomic mass is 28.4. The average Bonchev–Trinajstić information content (AvgIpc) is 2.58. The summed E-state index contributed by atoms with van der Waals surface area (Å²) in [6.45, 7) is 12.6. The van der Waals surface area contributed by atoms with Gasteiger partial charge in [-0.25, -0.2) is 0 Å². The molecule has 0 saturated heterocycles. The van der Waals surface area contributed by atoms with Crippen molar-refractivity contribution in [2.45, 2.75) is 103 Å². The monoisotopic (exact) mass is 374 g/mol. The first kappa shape index (κ1) is 23.4. The third-order valence-electron chi connectivity index (χ3n) is 5.18. The molecule has 24 heavy (non-hydrogen) atoms. The molecule has 0 aromatic rings. The second kappa shape index (κ2) is 11.8. The Kier molecular flexibility index (Phi) is 11.5. The third-order valence-corrected chi connectivity index (χ3v) is 14.5. The van der Waals surface area contributed by atoms with Crippen molar-refractivity contribution in [1.29, 1.82) is 0 Å². The molecule has 0 aromatic heterocycles. The van der Waals surface area contributed by atoms with Gasteiger partial charge in [0.1, 0.15) is 0 Å². The van der Waals surface area contributed by atoms with Crippen LogP contribution < -0.4 is 0 Å². The average molecular weight is 375 g/mol. The Morgan fingerprint density at radius 1 is 0.625 bits per heavy atom. The van der Waals surface area contributed by atoms with Crippen LogP contribution in [0.2, 0.25) is 36.3 Å². The zero-order valence-corrected chi connectivity index (χ0v) is 18.7. The normalized spacial score (nSPS) is 12.1. The first-order valence-corrected chi connectivity index (χ1v) is 14.9. The van der Waals surface area contributed by atoms with E-state index in [4.69, 9.17) is 8.85 Å². The van der Waals surface area contributed by atoms with Gasteiger partial charge in [0.2, 0.25) is 0 Å². The van der Waals surface area contributed by atoms with Crippen molar-refractivity contribution >= 4 is 28.6 Å². The fraction of sp³-hybridized carbons (Fsp3) is 0.889. The summed E-state index contributed by atoms with van der Waals surface area (Å²) < 4.78 is 12.0. The number of carbonyl (C=O) groups excluding carboxylic acids is 2. The summed E-state index contributed by atoms with van der Waals surface area (Å²) in [7, 11) is -4.12. The molecule has 0 radical (unpaired) electrons. The Morgan fingerprint density at radius 2 is 0.917 bits per heavy atom. The highest BCUT2D eigenvalue weighted by molar-refractivity contribution is 6.80. The lowest BCUT2D eigenvalue weighted by Crippen LogP contribution is -2.45. The van der Waals surface area contributed by atoms with E-state index in [1.165, 1.54) is 0 Å². The first-order chi connectivity index (χ1) is 11.4. The fourth-order valence-electron chi connectivity index (χ4n) is 3.05. The predicted octanol–water partition coefficient (Wildman–Crippen LogP) is 5.64. The summed E-state index contributed by atoms with van der Waals surface area (Å²) >= 11 is 0. The van der Waals surface area contributed by atoms with Crippen molar-refractivity contribution in [3.8, 4) is 0 Å². The van der Waals surface area contributed by atoms with Crippen molar-refractivity contribution in [2.24, 2.45) is 0 Å². The van der Waals surface area contributed by atoms with Gasteiger partial charge in [0.05, 0.1) is 0 Å². The van der Waals surface area contributed by atoms with Crippen LogP contribution in [0.5, 0.6) is 0 Å². The molecule has 0 unspecified atom stereocenters. The lowest BCUT2D eigenvalue weighted by Gasteiger charge is -2.34. The van der Waals surface area contributed by atoms with Crippen LogP contribution in [-0.2, 0) is 18.4 Å². The number of hydrogen-bond donors (Lipinski definition) is 0.